The SMILES string of the molecule is C=CC(=O)OCOc1ccc(C(=O)OCCc2ccc(OC(=O)c3ccc(OCOC(=O)C=C)cc3)c(C)c2)cc1. The van der Waals surface area contributed by atoms with E-state index in [0.29, 0.717) is 34.8 Å². The summed E-state index contributed by atoms with van der Waals surface area (Å²) in [6, 6.07) is 17.7. The lowest BCUT2D eigenvalue weighted by Crippen LogP contribution is -2.11. The molecule has 0 amide bonds. The Bertz CT molecular complexity index is 1390. The largest absolute Gasteiger partial charge is 0.462 e. The van der Waals surface area contributed by atoms with Gasteiger partial charge >= 0.3 is 23.9 Å². The molecule has 0 fully saturated rings. The molecular weight excluding hydrogens is 532 g/mol. The minimum absolute atomic E-state index is 0.147. The van der Waals surface area contributed by atoms with Crippen molar-refractivity contribution >= 4 is 23.9 Å². The summed E-state index contributed by atoms with van der Waals surface area (Å²) in [6.07, 6.45) is 2.52. The number of benzene rings is 3. The van der Waals surface area contributed by atoms with Gasteiger partial charge in [-0.15, -0.1) is 0 Å². The molecule has 0 unspecified atom stereocenters. The van der Waals surface area contributed by atoms with Crippen LogP contribution in [0, 0.1) is 6.92 Å². The zero-order valence-corrected chi connectivity index (χ0v) is 22.3. The molecule has 0 saturated carbocycles. The maximum Gasteiger partial charge on any atom is 0.343 e. The fourth-order valence-corrected chi connectivity index (χ4v) is 3.29. The number of carbonyl (C=O) groups is 4. The lowest BCUT2D eigenvalue weighted by Gasteiger charge is -2.11. The number of rotatable bonds is 14. The summed E-state index contributed by atoms with van der Waals surface area (Å²) in [5.74, 6) is -1.02. The Hall–Kier alpha value is -5.38. The van der Waals surface area contributed by atoms with Gasteiger partial charge in [0.15, 0.2) is 0 Å². The van der Waals surface area contributed by atoms with Crippen molar-refractivity contribution in [3.8, 4) is 17.2 Å². The quantitative estimate of drug-likeness (QED) is 0.0897. The minimum Gasteiger partial charge on any atom is -0.462 e. The topological polar surface area (TPSA) is 124 Å². The first-order valence-electron chi connectivity index (χ1n) is 12.3. The normalized spacial score (nSPS) is 10.1. The van der Waals surface area contributed by atoms with Crippen molar-refractivity contribution in [2.75, 3.05) is 20.2 Å². The van der Waals surface area contributed by atoms with E-state index in [4.69, 9.17) is 28.4 Å². The van der Waals surface area contributed by atoms with Crippen molar-refractivity contribution in [1.29, 1.82) is 0 Å². The predicted octanol–water partition coefficient (Wildman–Crippen LogP) is 4.74. The first-order valence-corrected chi connectivity index (χ1v) is 12.3. The smallest absolute Gasteiger partial charge is 0.343 e. The van der Waals surface area contributed by atoms with Crippen molar-refractivity contribution in [3.05, 3.63) is 114 Å². The molecule has 0 aliphatic rings. The summed E-state index contributed by atoms with van der Waals surface area (Å²) in [5, 5.41) is 0. The zero-order valence-electron chi connectivity index (χ0n) is 22.3. The van der Waals surface area contributed by atoms with Crippen LogP contribution in [0.1, 0.15) is 31.8 Å². The molecule has 0 atom stereocenters. The standard InChI is InChI=1S/C31H28O10/c1-4-28(32)39-19-37-25-11-7-23(8-12-25)30(34)36-17-16-22-6-15-27(21(3)18-22)41-31(35)24-9-13-26(14-10-24)38-20-40-29(33)5-2/h4-15,18H,1-2,16-17,19-20H2,3H3. The van der Waals surface area contributed by atoms with E-state index in [9.17, 15) is 19.2 Å². The van der Waals surface area contributed by atoms with Crippen LogP contribution in [0.15, 0.2) is 92.0 Å². The van der Waals surface area contributed by atoms with Crippen LogP contribution in [0.5, 0.6) is 17.2 Å². The summed E-state index contributed by atoms with van der Waals surface area (Å²) >= 11 is 0. The molecule has 3 rings (SSSR count). The number of hydrogen-bond acceptors (Lipinski definition) is 10. The Labute approximate surface area is 236 Å². The van der Waals surface area contributed by atoms with E-state index in [1.54, 1.807) is 48.5 Å². The highest BCUT2D eigenvalue weighted by atomic mass is 16.7. The second kappa shape index (κ2) is 15.3. The summed E-state index contributed by atoms with van der Waals surface area (Å²) in [4.78, 5) is 47.0. The second-order valence-corrected chi connectivity index (χ2v) is 8.28. The van der Waals surface area contributed by atoms with Gasteiger partial charge in [0.1, 0.15) is 17.2 Å². The fourth-order valence-electron chi connectivity index (χ4n) is 3.29. The highest BCUT2D eigenvalue weighted by molar-refractivity contribution is 5.91. The summed E-state index contributed by atoms with van der Waals surface area (Å²) in [5.41, 5.74) is 2.29. The van der Waals surface area contributed by atoms with Gasteiger partial charge in [0.25, 0.3) is 0 Å². The minimum atomic E-state index is -0.603. The monoisotopic (exact) mass is 560 g/mol. The number of hydrogen-bond donors (Lipinski definition) is 0. The van der Waals surface area contributed by atoms with E-state index >= 15 is 0 Å². The van der Waals surface area contributed by atoms with Crippen LogP contribution < -0.4 is 14.2 Å². The summed E-state index contributed by atoms with van der Waals surface area (Å²) in [6.45, 7) is 7.99. The molecule has 0 saturated heterocycles. The van der Waals surface area contributed by atoms with Crippen molar-refractivity contribution in [2.45, 2.75) is 13.3 Å². The third-order valence-electron chi connectivity index (χ3n) is 5.43. The van der Waals surface area contributed by atoms with E-state index < -0.39 is 23.9 Å². The molecule has 3 aromatic carbocycles. The number of aryl methyl sites for hydroxylation is 1. The van der Waals surface area contributed by atoms with Gasteiger partial charge in [-0.05, 0) is 72.6 Å². The molecule has 0 aromatic heterocycles. The number of esters is 4. The van der Waals surface area contributed by atoms with Crippen molar-refractivity contribution in [1.82, 2.24) is 0 Å². The van der Waals surface area contributed by atoms with E-state index in [-0.39, 0.29) is 20.2 Å². The van der Waals surface area contributed by atoms with Crippen LogP contribution in [0.4, 0.5) is 0 Å². The summed E-state index contributed by atoms with van der Waals surface area (Å²) in [7, 11) is 0. The van der Waals surface area contributed by atoms with Gasteiger partial charge in [-0.1, -0.05) is 25.3 Å². The molecule has 10 heteroatoms. The van der Waals surface area contributed by atoms with Crippen molar-refractivity contribution in [3.63, 3.8) is 0 Å². The highest BCUT2D eigenvalue weighted by Crippen LogP contribution is 2.22. The highest BCUT2D eigenvalue weighted by Gasteiger charge is 2.12. The molecule has 0 spiro atoms. The molecule has 0 heterocycles. The van der Waals surface area contributed by atoms with E-state index in [2.05, 4.69) is 13.2 Å². The molecule has 212 valence electrons. The molecule has 0 N–H and O–H groups in total. The summed E-state index contributed by atoms with van der Waals surface area (Å²) < 4.78 is 30.9. The third-order valence-corrected chi connectivity index (χ3v) is 5.43. The molecule has 3 aromatic rings. The first kappa shape index (κ1) is 30.2. The van der Waals surface area contributed by atoms with Crippen LogP contribution in [-0.4, -0.2) is 44.1 Å². The Kier molecular flexibility index (Phi) is 11.2. The predicted molar refractivity (Wildman–Crippen MR) is 147 cm³/mol. The van der Waals surface area contributed by atoms with Gasteiger partial charge < -0.3 is 28.4 Å². The number of ether oxygens (including phenoxy) is 6. The van der Waals surface area contributed by atoms with Crippen LogP contribution in [0.25, 0.3) is 0 Å². The maximum absolute atomic E-state index is 12.6. The number of carbonyl (C=O) groups excluding carboxylic acids is 4. The van der Waals surface area contributed by atoms with Gasteiger partial charge in [0, 0.05) is 18.6 Å². The molecule has 41 heavy (non-hydrogen) atoms. The van der Waals surface area contributed by atoms with Gasteiger partial charge in [-0.3, -0.25) is 0 Å². The van der Waals surface area contributed by atoms with E-state index in [1.165, 1.54) is 12.1 Å². The Balaban J connectivity index is 1.44. The molecule has 0 aliphatic heterocycles. The fraction of sp³-hybridized carbons (Fsp3) is 0.161. The lowest BCUT2D eigenvalue weighted by atomic mass is 10.1. The molecule has 10 nitrogen and oxygen atoms in total. The Morgan fingerprint density at radius 1 is 0.683 bits per heavy atom. The van der Waals surface area contributed by atoms with Crippen LogP contribution >= 0.6 is 0 Å². The van der Waals surface area contributed by atoms with Crippen LogP contribution in [-0.2, 0) is 30.2 Å². The van der Waals surface area contributed by atoms with Crippen molar-refractivity contribution < 1.29 is 47.6 Å². The second-order valence-electron chi connectivity index (χ2n) is 8.28. The first-order chi connectivity index (χ1) is 19.8. The third kappa shape index (κ3) is 9.70. The average Bonchev–Trinajstić information content (AvgIpc) is 2.98. The van der Waals surface area contributed by atoms with Crippen molar-refractivity contribution in [2.24, 2.45) is 0 Å². The maximum atomic E-state index is 12.6. The molecule has 0 radical (unpaired) electrons. The lowest BCUT2D eigenvalue weighted by molar-refractivity contribution is -0.145. The van der Waals surface area contributed by atoms with Crippen LogP contribution in [0.3, 0.4) is 0 Å². The average molecular weight is 561 g/mol. The zero-order chi connectivity index (χ0) is 29.6. The Morgan fingerprint density at radius 2 is 1.20 bits per heavy atom. The van der Waals surface area contributed by atoms with Gasteiger partial charge in [-0.25, -0.2) is 19.2 Å². The molecule has 0 bridgehead atoms. The molecule has 0 aliphatic carbocycles. The van der Waals surface area contributed by atoms with Gasteiger partial charge in [0.2, 0.25) is 13.6 Å². The van der Waals surface area contributed by atoms with Gasteiger partial charge in [0.05, 0.1) is 17.7 Å². The van der Waals surface area contributed by atoms with E-state index in [0.717, 1.165) is 23.3 Å². The Morgan fingerprint density at radius 3 is 1.68 bits per heavy atom. The molecular formula is C31H28O10. The van der Waals surface area contributed by atoms with Crippen LogP contribution in [0.2, 0.25) is 0 Å². The van der Waals surface area contributed by atoms with Gasteiger partial charge in [-0.2, -0.15) is 0 Å². The van der Waals surface area contributed by atoms with E-state index in [1.807, 2.05) is 13.0 Å².